The number of hydrogen-bond acceptors (Lipinski definition) is 5. The molecule has 51 heavy (non-hydrogen) atoms. The van der Waals surface area contributed by atoms with Gasteiger partial charge in [-0.05, 0) is 61.2 Å². The molecule has 2 amide bonds. The molecule has 0 bridgehead atoms. The minimum absolute atomic E-state index is 0.0830. The maximum atomic E-state index is 14.6. The van der Waals surface area contributed by atoms with Gasteiger partial charge in [0.25, 0.3) is 5.60 Å². The second kappa shape index (κ2) is 14.0. The van der Waals surface area contributed by atoms with Crippen LogP contribution in [0.1, 0.15) is 36.0 Å². The molecule has 1 saturated heterocycles. The number of amides is 2. The van der Waals surface area contributed by atoms with Crippen molar-refractivity contribution < 1.29 is 57.5 Å². The van der Waals surface area contributed by atoms with Gasteiger partial charge < -0.3 is 14.5 Å². The molecule has 2 unspecified atom stereocenters. The first-order chi connectivity index (χ1) is 23.7. The smallest absolute Gasteiger partial charge is 0.349 e. The number of piperazine rings is 1. The Morgan fingerprint density at radius 3 is 1.90 bits per heavy atom. The van der Waals surface area contributed by atoms with Crippen molar-refractivity contribution in [1.82, 2.24) is 14.7 Å². The quantitative estimate of drug-likeness (QED) is 0.181. The van der Waals surface area contributed by atoms with Crippen LogP contribution in [0, 0.1) is 17.5 Å². The lowest BCUT2D eigenvalue weighted by Gasteiger charge is -2.40. The summed E-state index contributed by atoms with van der Waals surface area (Å²) in [5, 5.41) is 0. The summed E-state index contributed by atoms with van der Waals surface area (Å²) in [7, 11) is -1.25. The molecule has 3 aromatic rings. The predicted molar refractivity (Wildman–Crippen MR) is 167 cm³/mol. The highest BCUT2D eigenvalue weighted by atomic mass is 32.2. The van der Waals surface area contributed by atoms with E-state index in [-0.39, 0.29) is 35.8 Å². The summed E-state index contributed by atoms with van der Waals surface area (Å²) in [5.41, 5.74) is -7.82. The van der Waals surface area contributed by atoms with Gasteiger partial charge in [0.05, 0.1) is 11.5 Å². The summed E-state index contributed by atoms with van der Waals surface area (Å²) in [6, 6.07) is 8.11. The van der Waals surface area contributed by atoms with Crippen LogP contribution in [0.15, 0.2) is 71.6 Å². The van der Waals surface area contributed by atoms with Gasteiger partial charge in [-0.3, -0.25) is 4.90 Å². The summed E-state index contributed by atoms with van der Waals surface area (Å²) in [5.74, 6) is -3.57. The maximum absolute atomic E-state index is 14.6. The molecule has 2 atom stereocenters. The van der Waals surface area contributed by atoms with Crippen LogP contribution in [0.25, 0.3) is 0 Å². The molecule has 0 aromatic heterocycles. The fourth-order valence-electron chi connectivity index (χ4n) is 6.95. The number of sulfone groups is 1. The minimum Gasteiger partial charge on any atom is -0.349 e. The molecule has 2 fully saturated rings. The highest BCUT2D eigenvalue weighted by Gasteiger charge is 2.73. The van der Waals surface area contributed by atoms with Crippen LogP contribution in [-0.2, 0) is 31.5 Å². The lowest BCUT2D eigenvalue weighted by Crippen LogP contribution is -2.56. The number of benzene rings is 3. The molecular formula is C34H34F9N3O4S. The van der Waals surface area contributed by atoms with Crippen molar-refractivity contribution in [2.45, 2.75) is 59.5 Å². The molecule has 0 radical (unpaired) electrons. The monoisotopic (exact) mass is 751 g/mol. The molecule has 0 N–H and O–H groups in total. The van der Waals surface area contributed by atoms with Gasteiger partial charge in [-0.1, -0.05) is 30.3 Å². The molecule has 17 heteroatoms. The zero-order chi connectivity index (χ0) is 37.6. The Labute approximate surface area is 288 Å². The predicted octanol–water partition coefficient (Wildman–Crippen LogP) is 7.16. The van der Waals surface area contributed by atoms with Crippen LogP contribution in [0.5, 0.6) is 0 Å². The van der Waals surface area contributed by atoms with Crippen LogP contribution in [0.4, 0.5) is 44.3 Å². The Bertz CT molecular complexity index is 1790. The van der Waals surface area contributed by atoms with E-state index >= 15 is 0 Å². The largest absolute Gasteiger partial charge is 0.430 e. The molecule has 0 spiro atoms. The highest BCUT2D eigenvalue weighted by molar-refractivity contribution is 7.92. The van der Waals surface area contributed by atoms with Crippen molar-refractivity contribution in [3.05, 3.63) is 101 Å². The standard InChI is InChI=1S/C34H34F9N3O4S/c1-44(2)30(47)46-18-16-45(17-19-46)25-14-15-31(20-25,51(48,49)26-12-10-24(35)11-13-26)22-6-8-23(9-7-22)32(33(38,39)40,34(41,42)43)50-21-27-28(36)4-3-5-29(27)37/h3-13,25H,14-21H2,1-2H3. The van der Waals surface area contributed by atoms with Crippen molar-refractivity contribution in [3.8, 4) is 0 Å². The first-order valence-corrected chi connectivity index (χ1v) is 17.3. The van der Waals surface area contributed by atoms with Gasteiger partial charge in [0.2, 0.25) is 0 Å². The van der Waals surface area contributed by atoms with Gasteiger partial charge in [0.15, 0.2) is 9.84 Å². The number of halogens is 9. The molecule has 278 valence electrons. The normalized spacial score (nSPS) is 20.8. The van der Waals surface area contributed by atoms with E-state index in [0.29, 0.717) is 50.4 Å². The zero-order valence-corrected chi connectivity index (χ0v) is 28.2. The number of carbonyl (C=O) groups is 1. The average Bonchev–Trinajstić information content (AvgIpc) is 3.53. The average molecular weight is 752 g/mol. The number of alkyl halides is 6. The number of rotatable bonds is 8. The third-order valence-electron chi connectivity index (χ3n) is 9.68. The number of hydrogen-bond donors (Lipinski definition) is 0. The second-order valence-corrected chi connectivity index (χ2v) is 15.1. The van der Waals surface area contributed by atoms with Gasteiger partial charge in [-0.25, -0.2) is 26.4 Å². The van der Waals surface area contributed by atoms with E-state index in [1.54, 1.807) is 19.0 Å². The molecular weight excluding hydrogens is 717 g/mol. The second-order valence-electron chi connectivity index (χ2n) is 12.8. The third kappa shape index (κ3) is 6.91. The van der Waals surface area contributed by atoms with Gasteiger partial charge >= 0.3 is 18.4 Å². The molecule has 7 nitrogen and oxygen atoms in total. The van der Waals surface area contributed by atoms with Gasteiger partial charge in [-0.15, -0.1) is 0 Å². The molecule has 3 aromatic carbocycles. The highest BCUT2D eigenvalue weighted by Crippen LogP contribution is 2.55. The summed E-state index contributed by atoms with van der Waals surface area (Å²) in [4.78, 5) is 17.2. The SMILES string of the molecule is CN(C)C(=O)N1CCN(C2CCC(c3ccc(C(OCc4c(F)cccc4F)(C(F)(F)F)C(F)(F)F)cc3)(S(=O)(=O)c3ccc(F)cc3)C2)CC1. The topological polar surface area (TPSA) is 70.2 Å². The van der Waals surface area contributed by atoms with E-state index in [2.05, 4.69) is 4.74 Å². The van der Waals surface area contributed by atoms with Gasteiger partial charge in [0.1, 0.15) is 22.2 Å². The molecule has 1 aliphatic heterocycles. The Kier molecular flexibility index (Phi) is 10.5. The molecule has 2 aliphatic rings. The molecule has 1 saturated carbocycles. The van der Waals surface area contributed by atoms with Gasteiger partial charge in [-0.2, -0.15) is 26.3 Å². The van der Waals surface area contributed by atoms with E-state index < -0.39 is 73.8 Å². The Balaban J connectivity index is 1.55. The van der Waals surface area contributed by atoms with E-state index in [0.717, 1.165) is 42.5 Å². The summed E-state index contributed by atoms with van der Waals surface area (Å²) >= 11 is 0. The number of nitrogens with zero attached hydrogens (tertiary/aromatic N) is 3. The lowest BCUT2D eigenvalue weighted by molar-refractivity contribution is -0.392. The van der Waals surface area contributed by atoms with Crippen molar-refractivity contribution in [1.29, 1.82) is 0 Å². The van der Waals surface area contributed by atoms with E-state index in [1.807, 2.05) is 4.90 Å². The number of carbonyl (C=O) groups excluding carboxylic acids is 1. The van der Waals surface area contributed by atoms with E-state index in [4.69, 9.17) is 0 Å². The van der Waals surface area contributed by atoms with E-state index in [1.165, 1.54) is 4.90 Å². The van der Waals surface area contributed by atoms with Crippen molar-refractivity contribution >= 4 is 15.9 Å². The number of ether oxygens (including phenoxy) is 1. The summed E-state index contributed by atoms with van der Waals surface area (Å²) < 4.78 is 161. The van der Waals surface area contributed by atoms with Gasteiger partial charge in [0, 0.05) is 57.4 Å². The Morgan fingerprint density at radius 2 is 1.39 bits per heavy atom. The van der Waals surface area contributed by atoms with Crippen LogP contribution < -0.4 is 0 Å². The number of urea groups is 1. The van der Waals surface area contributed by atoms with Crippen LogP contribution in [-0.4, -0.2) is 87.8 Å². The fourth-order valence-corrected chi connectivity index (χ4v) is 9.14. The van der Waals surface area contributed by atoms with Crippen LogP contribution >= 0.6 is 0 Å². The first-order valence-electron chi connectivity index (χ1n) is 15.8. The molecule has 1 heterocycles. The lowest BCUT2D eigenvalue weighted by atomic mass is 9.88. The molecule has 1 aliphatic carbocycles. The fraction of sp³-hybridized carbons (Fsp3) is 0.441. The zero-order valence-electron chi connectivity index (χ0n) is 27.4. The summed E-state index contributed by atoms with van der Waals surface area (Å²) in [6.07, 6.45) is -12.3. The van der Waals surface area contributed by atoms with Crippen molar-refractivity contribution in [2.24, 2.45) is 0 Å². The third-order valence-corrected chi connectivity index (χ3v) is 12.2. The minimum atomic E-state index is -6.19. The molecule has 5 rings (SSSR count). The van der Waals surface area contributed by atoms with Crippen molar-refractivity contribution in [2.75, 3.05) is 40.3 Å². The van der Waals surface area contributed by atoms with Crippen LogP contribution in [0.2, 0.25) is 0 Å². The Hall–Kier alpha value is -3.83. The van der Waals surface area contributed by atoms with Crippen LogP contribution in [0.3, 0.4) is 0 Å². The summed E-state index contributed by atoms with van der Waals surface area (Å²) in [6.45, 7) is -0.288. The van der Waals surface area contributed by atoms with Crippen molar-refractivity contribution in [3.63, 3.8) is 0 Å². The Morgan fingerprint density at radius 1 is 0.843 bits per heavy atom. The van der Waals surface area contributed by atoms with E-state index in [9.17, 15) is 52.7 Å². The first kappa shape index (κ1) is 38.4. The maximum Gasteiger partial charge on any atom is 0.430 e.